The monoisotopic (exact) mass is 687 g/mol. The lowest BCUT2D eigenvalue weighted by Gasteiger charge is -2.35. The molecular formula is C33H39Cl2N5O5S. The molecule has 3 aromatic rings. The molecule has 2 heterocycles. The highest BCUT2D eigenvalue weighted by Crippen LogP contribution is 2.32. The Kier molecular flexibility index (Phi) is 11.8. The zero-order valence-corrected chi connectivity index (χ0v) is 27.9. The molecule has 3 aromatic carbocycles. The number of piperazine rings is 1. The first-order valence-electron chi connectivity index (χ1n) is 15.5. The number of nitrogens with one attached hydrogen (secondary N) is 1. The van der Waals surface area contributed by atoms with Gasteiger partial charge in [0.15, 0.2) is 5.75 Å². The van der Waals surface area contributed by atoms with E-state index in [1.807, 2.05) is 0 Å². The van der Waals surface area contributed by atoms with Gasteiger partial charge in [0.2, 0.25) is 5.91 Å². The van der Waals surface area contributed by atoms with Gasteiger partial charge in [0.1, 0.15) is 0 Å². The number of sulfonamides is 1. The van der Waals surface area contributed by atoms with Crippen LogP contribution in [-0.4, -0.2) is 93.8 Å². The Balaban J connectivity index is 1.13. The minimum atomic E-state index is -4.26. The van der Waals surface area contributed by atoms with E-state index < -0.39 is 15.9 Å². The molecule has 0 saturated carbocycles. The Hall–Kier alpha value is -3.35. The van der Waals surface area contributed by atoms with E-state index in [1.165, 1.54) is 74.8 Å². The molecule has 13 heteroatoms. The maximum Gasteiger partial charge on any atom is 0.295 e. The maximum atomic E-state index is 13.7. The highest BCUT2D eigenvalue weighted by atomic mass is 35.5. The Morgan fingerprint density at radius 3 is 2.11 bits per heavy atom. The highest BCUT2D eigenvalue weighted by molar-refractivity contribution is 7.92. The minimum absolute atomic E-state index is 0.0911. The van der Waals surface area contributed by atoms with Crippen molar-refractivity contribution in [3.8, 4) is 5.75 Å². The summed E-state index contributed by atoms with van der Waals surface area (Å²) < 4.78 is 28.2. The van der Waals surface area contributed by atoms with Crippen molar-refractivity contribution >= 4 is 50.7 Å². The van der Waals surface area contributed by atoms with E-state index in [0.29, 0.717) is 18.1 Å². The summed E-state index contributed by atoms with van der Waals surface area (Å²) >= 11 is 12.2. The number of halogens is 2. The van der Waals surface area contributed by atoms with Crippen LogP contribution in [0.15, 0.2) is 77.7 Å². The molecule has 0 aliphatic carbocycles. The molecule has 0 atom stereocenters. The van der Waals surface area contributed by atoms with Crippen molar-refractivity contribution in [3.63, 3.8) is 0 Å². The predicted molar refractivity (Wildman–Crippen MR) is 180 cm³/mol. The first-order chi connectivity index (χ1) is 22.2. The number of hydrogen-bond donors (Lipinski definition) is 1. The Morgan fingerprint density at radius 1 is 0.804 bits per heavy atom. The van der Waals surface area contributed by atoms with Gasteiger partial charge in [0.05, 0.1) is 22.2 Å². The number of anilines is 1. The van der Waals surface area contributed by atoms with Crippen LogP contribution in [0.1, 0.15) is 36.0 Å². The van der Waals surface area contributed by atoms with Gasteiger partial charge in [0.25, 0.3) is 15.9 Å². The number of hydrogen-bond acceptors (Lipinski definition) is 7. The van der Waals surface area contributed by atoms with E-state index in [2.05, 4.69) is 15.1 Å². The average molecular weight is 689 g/mol. The van der Waals surface area contributed by atoms with Crippen LogP contribution in [-0.2, 0) is 14.8 Å². The molecule has 1 N–H and O–H groups in total. The Morgan fingerprint density at radius 2 is 1.46 bits per heavy atom. The third-order valence-corrected chi connectivity index (χ3v) is 10.3. The fraction of sp³-hybridized carbons (Fsp3) is 0.394. The van der Waals surface area contributed by atoms with E-state index in [0.717, 1.165) is 37.1 Å². The standard InChI is InChI=1S/C33H39Cl2N5O5S/c34-27-12-15-31(30(35)24-27)45-40(28-8-3-1-4-9-28)46(43,44)29-13-10-26(11-14-29)33(42)36-25-32(41)39-22-20-38(21-23-39)19-7-18-37-16-5-2-6-17-37/h1,3-4,8-15,24H,2,5-7,16-23,25H2,(H,36,42). The summed E-state index contributed by atoms with van der Waals surface area (Å²) in [6, 6.07) is 18.2. The molecule has 0 unspecified atom stereocenters. The lowest BCUT2D eigenvalue weighted by molar-refractivity contribution is -0.131. The quantitative estimate of drug-likeness (QED) is 0.270. The van der Waals surface area contributed by atoms with Crippen LogP contribution in [0.5, 0.6) is 5.75 Å². The molecule has 2 aliphatic heterocycles. The smallest absolute Gasteiger partial charge is 0.295 e. The van der Waals surface area contributed by atoms with Gasteiger partial charge in [-0.3, -0.25) is 14.5 Å². The van der Waals surface area contributed by atoms with Crippen molar-refractivity contribution in [2.45, 2.75) is 30.6 Å². The van der Waals surface area contributed by atoms with Gasteiger partial charge in [-0.05, 0) is 100 Å². The molecular weight excluding hydrogens is 649 g/mol. The lowest BCUT2D eigenvalue weighted by Crippen LogP contribution is -2.51. The number of benzene rings is 3. The SMILES string of the molecule is O=C(NCC(=O)N1CCN(CCCN2CCCCC2)CC1)c1ccc(S(=O)(=O)N(Oc2ccc(Cl)cc2Cl)c2ccccc2)cc1. The summed E-state index contributed by atoms with van der Waals surface area (Å²) in [7, 11) is -4.26. The second-order valence-electron chi connectivity index (χ2n) is 11.4. The molecule has 2 fully saturated rings. The molecule has 5 rings (SSSR count). The number of carbonyl (C=O) groups is 2. The van der Waals surface area contributed by atoms with Gasteiger partial charge in [-0.25, -0.2) is 0 Å². The number of amides is 2. The van der Waals surface area contributed by atoms with Crippen molar-refractivity contribution in [1.29, 1.82) is 0 Å². The van der Waals surface area contributed by atoms with Gasteiger partial charge in [0, 0.05) is 36.8 Å². The van der Waals surface area contributed by atoms with Gasteiger partial charge >= 0.3 is 0 Å². The largest absolute Gasteiger partial charge is 0.363 e. The van der Waals surface area contributed by atoms with Crippen LogP contribution in [0.4, 0.5) is 5.69 Å². The molecule has 46 heavy (non-hydrogen) atoms. The Labute approximate surface area is 280 Å². The van der Waals surface area contributed by atoms with Gasteiger partial charge in [-0.1, -0.05) is 52.3 Å². The second kappa shape index (κ2) is 16.0. The number of para-hydroxylation sites is 1. The molecule has 0 radical (unpaired) electrons. The lowest BCUT2D eigenvalue weighted by atomic mass is 10.1. The van der Waals surface area contributed by atoms with E-state index >= 15 is 0 Å². The third-order valence-electron chi connectivity index (χ3n) is 8.20. The molecule has 0 spiro atoms. The Bertz CT molecular complexity index is 1580. The fourth-order valence-electron chi connectivity index (χ4n) is 5.59. The molecule has 10 nitrogen and oxygen atoms in total. The second-order valence-corrected chi connectivity index (χ2v) is 14.0. The first-order valence-corrected chi connectivity index (χ1v) is 17.7. The van der Waals surface area contributed by atoms with Crippen LogP contribution in [0, 0.1) is 0 Å². The summed E-state index contributed by atoms with van der Waals surface area (Å²) in [6.45, 7) is 7.36. The van der Waals surface area contributed by atoms with Gasteiger partial charge < -0.3 is 20.0 Å². The zero-order valence-electron chi connectivity index (χ0n) is 25.6. The predicted octanol–water partition coefficient (Wildman–Crippen LogP) is 4.93. The van der Waals surface area contributed by atoms with Crippen molar-refractivity contribution in [2.24, 2.45) is 0 Å². The van der Waals surface area contributed by atoms with Crippen LogP contribution >= 0.6 is 23.2 Å². The summed E-state index contributed by atoms with van der Waals surface area (Å²) in [5.74, 6) is -0.525. The van der Waals surface area contributed by atoms with E-state index in [-0.39, 0.29) is 39.4 Å². The van der Waals surface area contributed by atoms with Gasteiger partial charge in [-0.2, -0.15) is 8.42 Å². The van der Waals surface area contributed by atoms with Crippen molar-refractivity contribution in [3.05, 3.63) is 88.4 Å². The summed E-state index contributed by atoms with van der Waals surface area (Å²) in [6.07, 6.45) is 5.08. The topological polar surface area (TPSA) is 102 Å². The van der Waals surface area contributed by atoms with Crippen molar-refractivity contribution in [2.75, 3.05) is 63.4 Å². The van der Waals surface area contributed by atoms with E-state index in [9.17, 15) is 18.0 Å². The number of likely N-dealkylation sites (tertiary alicyclic amines) is 1. The zero-order chi connectivity index (χ0) is 32.5. The summed E-state index contributed by atoms with van der Waals surface area (Å²) in [5.41, 5.74) is 0.463. The molecule has 2 amide bonds. The number of nitrogens with zero attached hydrogens (tertiary/aromatic N) is 4. The molecule has 246 valence electrons. The number of rotatable bonds is 12. The molecule has 0 bridgehead atoms. The van der Waals surface area contributed by atoms with Crippen LogP contribution in [0.25, 0.3) is 0 Å². The highest BCUT2D eigenvalue weighted by Gasteiger charge is 2.29. The fourth-order valence-corrected chi connectivity index (χ4v) is 7.29. The van der Waals surface area contributed by atoms with Crippen LogP contribution in [0.3, 0.4) is 0 Å². The van der Waals surface area contributed by atoms with Crippen molar-refractivity contribution in [1.82, 2.24) is 20.0 Å². The first kappa shape index (κ1) is 34.0. The van der Waals surface area contributed by atoms with Crippen LogP contribution in [0.2, 0.25) is 10.0 Å². The number of piperidine rings is 1. The average Bonchev–Trinajstić information content (AvgIpc) is 3.08. The van der Waals surface area contributed by atoms with Crippen molar-refractivity contribution < 1.29 is 22.8 Å². The summed E-state index contributed by atoms with van der Waals surface area (Å²) in [5, 5.41) is 3.18. The van der Waals surface area contributed by atoms with E-state index in [4.69, 9.17) is 28.0 Å². The number of carbonyl (C=O) groups excluding carboxylic acids is 2. The van der Waals surface area contributed by atoms with E-state index in [1.54, 1.807) is 35.2 Å². The normalized spacial score (nSPS) is 16.2. The molecule has 0 aromatic heterocycles. The maximum absolute atomic E-state index is 13.7. The minimum Gasteiger partial charge on any atom is -0.363 e. The van der Waals surface area contributed by atoms with Crippen LogP contribution < -0.4 is 14.6 Å². The summed E-state index contributed by atoms with van der Waals surface area (Å²) in [4.78, 5) is 38.1. The third kappa shape index (κ3) is 8.92. The van der Waals surface area contributed by atoms with Gasteiger partial charge in [-0.15, -0.1) is 0 Å². The molecule has 2 aliphatic rings. The molecule has 2 saturated heterocycles.